The maximum Gasteiger partial charge on any atom is 0.311 e. The van der Waals surface area contributed by atoms with E-state index in [0.717, 1.165) is 12.8 Å². The van der Waals surface area contributed by atoms with Gasteiger partial charge in [0.2, 0.25) is 5.75 Å². The molecule has 0 amide bonds. The van der Waals surface area contributed by atoms with Gasteiger partial charge in [-0.2, -0.15) is 0 Å². The lowest BCUT2D eigenvalue weighted by Crippen LogP contribution is -2.11. The number of carbonyl (C=O) groups excluding carboxylic acids is 2. The first-order chi connectivity index (χ1) is 15.6. The van der Waals surface area contributed by atoms with Crippen LogP contribution in [0, 0.1) is 0 Å². The molecule has 0 aliphatic rings. The maximum atomic E-state index is 12.1. The Bertz CT molecular complexity index is 621. The number of ether oxygens (including phenoxy) is 4. The summed E-state index contributed by atoms with van der Waals surface area (Å²) in [7, 11) is 3.00. The molecule has 0 radical (unpaired) electrons. The third-order valence-electron chi connectivity index (χ3n) is 5.37. The van der Waals surface area contributed by atoms with Gasteiger partial charge in [0.1, 0.15) is 0 Å². The zero-order chi connectivity index (χ0) is 23.4. The summed E-state index contributed by atoms with van der Waals surface area (Å²) in [6, 6.07) is 5.13. The molecule has 6 heteroatoms. The molecule has 0 aromatic heterocycles. The van der Waals surface area contributed by atoms with E-state index in [1.165, 1.54) is 72.0 Å². The van der Waals surface area contributed by atoms with Crippen LogP contribution in [0.3, 0.4) is 0 Å². The standard InChI is InChI=1S/C26H42O6/c1-4-5-6-7-8-9-10-11-12-13-14-21-31-24(27)19-16-20-25(28)32-26-22(29-2)17-15-18-23(26)30-3/h15,17-18H,4-14,16,19-21H2,1-3H3. The summed E-state index contributed by atoms with van der Waals surface area (Å²) < 4.78 is 21.1. The molecule has 1 aromatic carbocycles. The van der Waals surface area contributed by atoms with Gasteiger partial charge in [-0.05, 0) is 25.0 Å². The van der Waals surface area contributed by atoms with Crippen molar-refractivity contribution in [3.63, 3.8) is 0 Å². The minimum atomic E-state index is -0.439. The van der Waals surface area contributed by atoms with E-state index in [9.17, 15) is 9.59 Å². The van der Waals surface area contributed by atoms with Crippen molar-refractivity contribution in [1.82, 2.24) is 0 Å². The van der Waals surface area contributed by atoms with Crippen molar-refractivity contribution in [3.8, 4) is 17.2 Å². The van der Waals surface area contributed by atoms with Gasteiger partial charge >= 0.3 is 11.9 Å². The van der Waals surface area contributed by atoms with Crippen molar-refractivity contribution in [1.29, 1.82) is 0 Å². The fraction of sp³-hybridized carbons (Fsp3) is 0.692. The summed E-state index contributed by atoms with van der Waals surface area (Å²) in [6.45, 7) is 2.70. The summed E-state index contributed by atoms with van der Waals surface area (Å²) in [4.78, 5) is 24.0. The van der Waals surface area contributed by atoms with Crippen LogP contribution < -0.4 is 14.2 Å². The third kappa shape index (κ3) is 12.6. The zero-order valence-electron chi connectivity index (χ0n) is 20.3. The number of hydrogen-bond donors (Lipinski definition) is 0. The van der Waals surface area contributed by atoms with Crippen molar-refractivity contribution in [2.45, 2.75) is 96.8 Å². The minimum absolute atomic E-state index is 0.120. The average molecular weight is 451 g/mol. The Balaban J connectivity index is 2.05. The van der Waals surface area contributed by atoms with E-state index in [2.05, 4.69) is 6.92 Å². The van der Waals surface area contributed by atoms with Crippen LogP contribution in [-0.2, 0) is 14.3 Å². The second-order valence-electron chi connectivity index (χ2n) is 8.08. The van der Waals surface area contributed by atoms with E-state index in [4.69, 9.17) is 18.9 Å². The number of rotatable bonds is 19. The molecule has 0 aliphatic heterocycles. The van der Waals surface area contributed by atoms with Crippen molar-refractivity contribution < 1.29 is 28.5 Å². The lowest BCUT2D eigenvalue weighted by Gasteiger charge is -2.12. The van der Waals surface area contributed by atoms with E-state index >= 15 is 0 Å². The van der Waals surface area contributed by atoms with Crippen molar-refractivity contribution in [2.24, 2.45) is 0 Å². The first kappa shape index (κ1) is 27.8. The second kappa shape index (κ2) is 18.3. The molecule has 0 N–H and O–H groups in total. The fourth-order valence-corrected chi connectivity index (χ4v) is 3.48. The van der Waals surface area contributed by atoms with Gasteiger partial charge in [0.05, 0.1) is 20.8 Å². The highest BCUT2D eigenvalue weighted by molar-refractivity contribution is 5.75. The van der Waals surface area contributed by atoms with Gasteiger partial charge < -0.3 is 18.9 Å². The molecule has 1 rings (SSSR count). The van der Waals surface area contributed by atoms with Crippen LogP contribution in [0.4, 0.5) is 0 Å². The summed E-state index contributed by atoms with van der Waals surface area (Å²) in [5.74, 6) is 0.389. The quantitative estimate of drug-likeness (QED) is 0.134. The number of carbonyl (C=O) groups is 2. The predicted molar refractivity (Wildman–Crippen MR) is 126 cm³/mol. The summed E-state index contributed by atoms with van der Waals surface area (Å²) in [6.07, 6.45) is 14.6. The molecule has 1 aromatic rings. The van der Waals surface area contributed by atoms with Crippen LogP contribution in [0.5, 0.6) is 17.2 Å². The van der Waals surface area contributed by atoms with Crippen molar-refractivity contribution in [2.75, 3.05) is 20.8 Å². The molecule has 0 aliphatic carbocycles. The second-order valence-corrected chi connectivity index (χ2v) is 8.08. The first-order valence-electron chi connectivity index (χ1n) is 12.2. The Kier molecular flexibility index (Phi) is 15.9. The molecular weight excluding hydrogens is 408 g/mol. The topological polar surface area (TPSA) is 71.1 Å². The van der Waals surface area contributed by atoms with Crippen molar-refractivity contribution in [3.05, 3.63) is 18.2 Å². The first-order valence-corrected chi connectivity index (χ1v) is 12.2. The molecule has 0 unspecified atom stereocenters. The van der Waals surface area contributed by atoms with Crippen molar-refractivity contribution >= 4 is 11.9 Å². The van der Waals surface area contributed by atoms with Gasteiger partial charge in [-0.25, -0.2) is 0 Å². The van der Waals surface area contributed by atoms with E-state index < -0.39 is 5.97 Å². The van der Waals surface area contributed by atoms with Gasteiger partial charge in [-0.3, -0.25) is 9.59 Å². The molecule has 0 atom stereocenters. The SMILES string of the molecule is CCCCCCCCCCCCCOC(=O)CCCC(=O)Oc1c(OC)cccc1OC. The van der Waals surface area contributed by atoms with Crippen LogP contribution in [0.25, 0.3) is 0 Å². The molecule has 182 valence electrons. The zero-order valence-corrected chi connectivity index (χ0v) is 20.3. The predicted octanol–water partition coefficient (Wildman–Crippen LogP) is 6.63. The largest absolute Gasteiger partial charge is 0.493 e. The average Bonchev–Trinajstić information content (AvgIpc) is 2.79. The summed E-state index contributed by atoms with van der Waals surface area (Å²) >= 11 is 0. The van der Waals surface area contributed by atoms with E-state index in [1.54, 1.807) is 18.2 Å². The third-order valence-corrected chi connectivity index (χ3v) is 5.37. The van der Waals surface area contributed by atoms with Gasteiger partial charge in [-0.1, -0.05) is 77.2 Å². The van der Waals surface area contributed by atoms with Crippen LogP contribution in [-0.4, -0.2) is 32.8 Å². The lowest BCUT2D eigenvalue weighted by atomic mass is 10.1. The Morgan fingerprint density at radius 3 is 1.72 bits per heavy atom. The highest BCUT2D eigenvalue weighted by Crippen LogP contribution is 2.37. The van der Waals surface area contributed by atoms with Crippen LogP contribution in [0.15, 0.2) is 18.2 Å². The highest BCUT2D eigenvalue weighted by Gasteiger charge is 2.16. The van der Waals surface area contributed by atoms with E-state index in [-0.39, 0.29) is 24.6 Å². The van der Waals surface area contributed by atoms with Gasteiger partial charge in [0.15, 0.2) is 11.5 Å². The van der Waals surface area contributed by atoms with Crippen LogP contribution in [0.2, 0.25) is 0 Å². The summed E-state index contributed by atoms with van der Waals surface area (Å²) in [5.41, 5.74) is 0. The lowest BCUT2D eigenvalue weighted by molar-refractivity contribution is -0.144. The van der Waals surface area contributed by atoms with Crippen LogP contribution in [0.1, 0.15) is 96.8 Å². The monoisotopic (exact) mass is 450 g/mol. The molecule has 0 fully saturated rings. The smallest absolute Gasteiger partial charge is 0.311 e. The summed E-state index contributed by atoms with van der Waals surface area (Å²) in [5, 5.41) is 0. The Morgan fingerprint density at radius 2 is 1.19 bits per heavy atom. The van der Waals surface area contributed by atoms with Crippen LogP contribution >= 0.6 is 0 Å². The van der Waals surface area contributed by atoms with E-state index in [1.807, 2.05) is 0 Å². The Morgan fingerprint density at radius 1 is 0.688 bits per heavy atom. The van der Waals surface area contributed by atoms with Gasteiger partial charge in [0, 0.05) is 12.8 Å². The Labute approximate surface area is 194 Å². The number of benzene rings is 1. The molecule has 6 nitrogen and oxygen atoms in total. The number of para-hydroxylation sites is 1. The normalized spacial score (nSPS) is 10.6. The molecule has 0 bridgehead atoms. The van der Waals surface area contributed by atoms with Gasteiger partial charge in [-0.15, -0.1) is 0 Å². The highest BCUT2D eigenvalue weighted by atomic mass is 16.6. The number of esters is 2. The van der Waals surface area contributed by atoms with E-state index in [0.29, 0.717) is 24.5 Å². The Hall–Kier alpha value is -2.24. The molecular formula is C26H42O6. The maximum absolute atomic E-state index is 12.1. The minimum Gasteiger partial charge on any atom is -0.493 e. The number of methoxy groups -OCH3 is 2. The van der Waals surface area contributed by atoms with Gasteiger partial charge in [0.25, 0.3) is 0 Å². The number of unbranched alkanes of at least 4 members (excludes halogenated alkanes) is 10. The molecule has 0 saturated heterocycles. The molecule has 32 heavy (non-hydrogen) atoms. The fourth-order valence-electron chi connectivity index (χ4n) is 3.48. The number of hydrogen-bond acceptors (Lipinski definition) is 6. The molecule has 0 saturated carbocycles. The molecule has 0 heterocycles. The molecule has 0 spiro atoms.